The summed E-state index contributed by atoms with van der Waals surface area (Å²) in [7, 11) is 0. The zero-order valence-corrected chi connectivity index (χ0v) is 11.5. The molecule has 4 heteroatoms. The van der Waals surface area contributed by atoms with Gasteiger partial charge in [-0.2, -0.15) is 0 Å². The highest BCUT2D eigenvalue weighted by Gasteiger charge is 2.11. The van der Waals surface area contributed by atoms with Crippen LogP contribution in [0.5, 0.6) is 0 Å². The largest absolute Gasteiger partial charge is 0.297 e. The second-order valence-electron chi connectivity index (χ2n) is 4.15. The Balaban J connectivity index is 2.77. The van der Waals surface area contributed by atoms with Gasteiger partial charge in [-0.15, -0.1) is 0 Å². The van der Waals surface area contributed by atoms with Crippen LogP contribution in [0.4, 0.5) is 0 Å². The van der Waals surface area contributed by atoms with E-state index in [0.29, 0.717) is 16.3 Å². The predicted octanol–water partition coefficient (Wildman–Crippen LogP) is 4.01. The molecule has 1 rings (SSSR count). The Morgan fingerprint density at radius 1 is 1.31 bits per heavy atom. The number of pyridine rings is 1. The van der Waals surface area contributed by atoms with Crippen LogP contribution in [-0.4, -0.2) is 22.5 Å². The maximum atomic E-state index is 6.06. The van der Waals surface area contributed by atoms with Crippen molar-refractivity contribution in [3.63, 3.8) is 0 Å². The molecular weight excluding hydrogens is 243 g/mol. The van der Waals surface area contributed by atoms with Crippen molar-refractivity contribution in [2.24, 2.45) is 0 Å². The number of aromatic nitrogens is 1. The average Bonchev–Trinajstić information content (AvgIpc) is 2.20. The molecule has 0 amide bonds. The van der Waals surface area contributed by atoms with Crippen LogP contribution in [0.1, 0.15) is 32.8 Å². The van der Waals surface area contributed by atoms with Gasteiger partial charge in [-0.1, -0.05) is 36.2 Å². The summed E-state index contributed by atoms with van der Waals surface area (Å²) in [5.41, 5.74) is 1.04. The molecular formula is C12H18Cl2N2. The number of hydrogen-bond acceptors (Lipinski definition) is 2. The lowest BCUT2D eigenvalue weighted by molar-refractivity contribution is 0.213. The van der Waals surface area contributed by atoms with Crippen LogP contribution in [-0.2, 0) is 6.54 Å². The molecule has 0 aromatic carbocycles. The highest BCUT2D eigenvalue weighted by atomic mass is 35.5. The van der Waals surface area contributed by atoms with Crippen LogP contribution in [0, 0.1) is 0 Å². The molecule has 0 bridgehead atoms. The Morgan fingerprint density at radius 2 is 2.00 bits per heavy atom. The number of hydrogen-bond donors (Lipinski definition) is 0. The topological polar surface area (TPSA) is 16.1 Å². The van der Waals surface area contributed by atoms with Crippen molar-refractivity contribution in [3.05, 3.63) is 28.0 Å². The molecule has 2 nitrogen and oxygen atoms in total. The van der Waals surface area contributed by atoms with E-state index in [0.717, 1.165) is 25.1 Å². The van der Waals surface area contributed by atoms with E-state index < -0.39 is 0 Å². The first-order chi connectivity index (χ1) is 7.54. The highest BCUT2D eigenvalue weighted by molar-refractivity contribution is 6.32. The van der Waals surface area contributed by atoms with Gasteiger partial charge in [-0.05, 0) is 32.9 Å². The third kappa shape index (κ3) is 3.93. The zero-order valence-electron chi connectivity index (χ0n) is 10.0. The molecule has 0 saturated heterocycles. The number of rotatable bonds is 5. The number of nitrogens with zero attached hydrogens (tertiary/aromatic N) is 2. The van der Waals surface area contributed by atoms with Crippen molar-refractivity contribution in [1.29, 1.82) is 0 Å². The number of halogens is 2. The third-order valence-electron chi connectivity index (χ3n) is 2.51. The van der Waals surface area contributed by atoms with Gasteiger partial charge >= 0.3 is 0 Å². The molecule has 0 spiro atoms. The molecule has 0 aliphatic heterocycles. The van der Waals surface area contributed by atoms with Crippen LogP contribution in [0.3, 0.4) is 0 Å². The monoisotopic (exact) mass is 260 g/mol. The van der Waals surface area contributed by atoms with Crippen molar-refractivity contribution in [3.8, 4) is 0 Å². The summed E-state index contributed by atoms with van der Waals surface area (Å²) < 4.78 is 0. The van der Waals surface area contributed by atoms with Gasteiger partial charge in [0.25, 0.3) is 0 Å². The first-order valence-corrected chi connectivity index (χ1v) is 6.35. The van der Waals surface area contributed by atoms with Crippen LogP contribution in [0.2, 0.25) is 10.3 Å². The van der Waals surface area contributed by atoms with Crippen LogP contribution in [0.15, 0.2) is 12.1 Å². The Hall–Kier alpha value is -0.310. The highest BCUT2D eigenvalue weighted by Crippen LogP contribution is 2.19. The minimum Gasteiger partial charge on any atom is -0.297 e. The molecule has 0 N–H and O–H groups in total. The molecule has 90 valence electrons. The van der Waals surface area contributed by atoms with Gasteiger partial charge in [0.1, 0.15) is 10.3 Å². The average molecular weight is 261 g/mol. The van der Waals surface area contributed by atoms with E-state index in [1.165, 1.54) is 0 Å². The molecule has 0 aliphatic rings. The molecule has 1 heterocycles. The fraction of sp³-hybridized carbons (Fsp3) is 0.583. The van der Waals surface area contributed by atoms with Crippen LogP contribution >= 0.6 is 23.2 Å². The molecule has 0 radical (unpaired) electrons. The van der Waals surface area contributed by atoms with Gasteiger partial charge in [0, 0.05) is 18.2 Å². The second kappa shape index (κ2) is 6.43. The molecule has 16 heavy (non-hydrogen) atoms. The molecule has 0 unspecified atom stereocenters. The smallest absolute Gasteiger partial charge is 0.135 e. The van der Waals surface area contributed by atoms with Crippen molar-refractivity contribution in [2.45, 2.75) is 39.8 Å². The standard InChI is InChI=1S/C12H18Cl2N2/c1-4-7-16(9(2)3)8-10-5-6-11(13)15-12(10)14/h5-6,9H,4,7-8H2,1-3H3. The Bertz CT molecular complexity index is 340. The lowest BCUT2D eigenvalue weighted by atomic mass is 10.2. The summed E-state index contributed by atoms with van der Waals surface area (Å²) in [5.74, 6) is 0. The Kier molecular flexibility index (Phi) is 5.53. The molecule has 1 aromatic rings. The summed E-state index contributed by atoms with van der Waals surface area (Å²) in [4.78, 5) is 6.42. The van der Waals surface area contributed by atoms with Gasteiger partial charge in [-0.3, -0.25) is 4.90 Å². The fourth-order valence-electron chi connectivity index (χ4n) is 1.58. The maximum Gasteiger partial charge on any atom is 0.135 e. The fourth-order valence-corrected chi connectivity index (χ4v) is 1.99. The van der Waals surface area contributed by atoms with E-state index in [2.05, 4.69) is 30.7 Å². The van der Waals surface area contributed by atoms with Gasteiger partial charge < -0.3 is 0 Å². The quantitative estimate of drug-likeness (QED) is 0.744. The van der Waals surface area contributed by atoms with Gasteiger partial charge in [0.05, 0.1) is 0 Å². The third-order valence-corrected chi connectivity index (χ3v) is 3.04. The molecule has 0 atom stereocenters. The van der Waals surface area contributed by atoms with Crippen molar-refractivity contribution in [1.82, 2.24) is 9.88 Å². The van der Waals surface area contributed by atoms with Gasteiger partial charge in [-0.25, -0.2) is 4.98 Å². The Morgan fingerprint density at radius 3 is 2.50 bits per heavy atom. The zero-order chi connectivity index (χ0) is 12.1. The minimum absolute atomic E-state index is 0.445. The van der Waals surface area contributed by atoms with Crippen LogP contribution < -0.4 is 0 Å². The lowest BCUT2D eigenvalue weighted by Crippen LogP contribution is -2.31. The van der Waals surface area contributed by atoms with E-state index in [1.807, 2.05) is 6.07 Å². The maximum absolute atomic E-state index is 6.06. The summed E-state index contributed by atoms with van der Waals surface area (Å²) >= 11 is 11.8. The van der Waals surface area contributed by atoms with Gasteiger partial charge in [0.15, 0.2) is 0 Å². The lowest BCUT2D eigenvalue weighted by Gasteiger charge is -2.26. The predicted molar refractivity (Wildman–Crippen MR) is 70.1 cm³/mol. The molecule has 0 fully saturated rings. The summed E-state index contributed by atoms with van der Waals surface area (Å²) in [6.07, 6.45) is 1.14. The van der Waals surface area contributed by atoms with Crippen LogP contribution in [0.25, 0.3) is 0 Å². The SMILES string of the molecule is CCCN(Cc1ccc(Cl)nc1Cl)C(C)C. The van der Waals surface area contributed by atoms with E-state index in [-0.39, 0.29) is 0 Å². The molecule has 1 aromatic heterocycles. The summed E-state index contributed by atoms with van der Waals surface area (Å²) in [5, 5.41) is 0.953. The first-order valence-electron chi connectivity index (χ1n) is 5.59. The van der Waals surface area contributed by atoms with E-state index in [1.54, 1.807) is 6.07 Å². The van der Waals surface area contributed by atoms with Crippen molar-refractivity contribution >= 4 is 23.2 Å². The minimum atomic E-state index is 0.445. The summed E-state index contributed by atoms with van der Waals surface area (Å²) in [6.45, 7) is 8.45. The second-order valence-corrected chi connectivity index (χ2v) is 4.89. The van der Waals surface area contributed by atoms with Gasteiger partial charge in [0.2, 0.25) is 0 Å². The Labute approximate surface area is 108 Å². The van der Waals surface area contributed by atoms with E-state index >= 15 is 0 Å². The molecule has 0 aliphatic carbocycles. The van der Waals surface area contributed by atoms with Crippen molar-refractivity contribution < 1.29 is 0 Å². The first kappa shape index (κ1) is 13.8. The van der Waals surface area contributed by atoms with E-state index in [4.69, 9.17) is 23.2 Å². The van der Waals surface area contributed by atoms with Crippen molar-refractivity contribution in [2.75, 3.05) is 6.54 Å². The van der Waals surface area contributed by atoms with E-state index in [9.17, 15) is 0 Å². The normalized spacial score (nSPS) is 11.4. The summed E-state index contributed by atoms with van der Waals surface area (Å²) in [6, 6.07) is 4.24. The molecule has 0 saturated carbocycles.